The van der Waals surface area contributed by atoms with Crippen LogP contribution in [0.3, 0.4) is 0 Å². The Labute approximate surface area is 124 Å². The lowest BCUT2D eigenvalue weighted by molar-refractivity contribution is 0.0689. The molecule has 0 aliphatic rings. The second-order valence-electron chi connectivity index (χ2n) is 4.31. The number of aryl methyl sites for hydroxylation is 1. The predicted octanol–water partition coefficient (Wildman–Crippen LogP) is 3.13. The van der Waals surface area contributed by atoms with E-state index in [0.717, 1.165) is 10.0 Å². The van der Waals surface area contributed by atoms with Crippen LogP contribution in [0.2, 0.25) is 0 Å². The Morgan fingerprint density at radius 3 is 2.50 bits per heavy atom. The molecule has 104 valence electrons. The summed E-state index contributed by atoms with van der Waals surface area (Å²) in [6.45, 7) is 3.65. The first-order chi connectivity index (χ1) is 9.49. The van der Waals surface area contributed by atoms with Crippen LogP contribution in [-0.2, 0) is 6.61 Å². The van der Waals surface area contributed by atoms with Gasteiger partial charge in [-0.05, 0) is 37.1 Å². The number of carboxylic acids is 1. The largest absolute Gasteiger partial charge is 0.477 e. The zero-order chi connectivity index (χ0) is 14.7. The number of rotatable bonds is 4. The van der Waals surface area contributed by atoms with Gasteiger partial charge in [-0.15, -0.1) is 5.10 Å². The standard InChI is InChI=1S/C14H13BrN2O3/c1-8-9(2)16-17-13(12(8)14(18)19)20-7-10-3-5-11(15)6-4-10/h3-6H,7H2,1-2H3,(H,18,19). The van der Waals surface area contributed by atoms with E-state index in [2.05, 4.69) is 26.1 Å². The van der Waals surface area contributed by atoms with E-state index in [1.54, 1.807) is 13.8 Å². The van der Waals surface area contributed by atoms with Gasteiger partial charge in [0.25, 0.3) is 0 Å². The fourth-order valence-electron chi connectivity index (χ4n) is 1.67. The molecule has 0 spiro atoms. The molecule has 6 heteroatoms. The van der Waals surface area contributed by atoms with E-state index in [-0.39, 0.29) is 18.1 Å². The molecule has 2 aromatic rings. The summed E-state index contributed by atoms with van der Waals surface area (Å²) in [5, 5.41) is 17.0. The molecule has 1 heterocycles. The zero-order valence-corrected chi connectivity index (χ0v) is 12.6. The van der Waals surface area contributed by atoms with Gasteiger partial charge < -0.3 is 9.84 Å². The second kappa shape index (κ2) is 6.00. The molecule has 0 saturated carbocycles. The molecule has 0 radical (unpaired) electrons. The minimum atomic E-state index is -1.06. The van der Waals surface area contributed by atoms with E-state index in [4.69, 9.17) is 4.74 Å². The molecular weight excluding hydrogens is 324 g/mol. The van der Waals surface area contributed by atoms with Gasteiger partial charge in [0.05, 0.1) is 5.69 Å². The van der Waals surface area contributed by atoms with Crippen molar-refractivity contribution in [1.82, 2.24) is 10.2 Å². The highest BCUT2D eigenvalue weighted by atomic mass is 79.9. The topological polar surface area (TPSA) is 72.3 Å². The molecule has 1 N–H and O–H groups in total. The Kier molecular flexibility index (Phi) is 4.34. The maximum absolute atomic E-state index is 11.3. The van der Waals surface area contributed by atoms with E-state index >= 15 is 0 Å². The Balaban J connectivity index is 2.23. The minimum Gasteiger partial charge on any atom is -0.477 e. The second-order valence-corrected chi connectivity index (χ2v) is 5.23. The molecule has 2 rings (SSSR count). The van der Waals surface area contributed by atoms with Crippen molar-refractivity contribution in [3.8, 4) is 5.88 Å². The molecule has 0 bridgehead atoms. The lowest BCUT2D eigenvalue weighted by atomic mass is 10.1. The average Bonchev–Trinajstić information content (AvgIpc) is 2.41. The van der Waals surface area contributed by atoms with Crippen molar-refractivity contribution in [3.05, 3.63) is 51.1 Å². The maximum Gasteiger partial charge on any atom is 0.341 e. The van der Waals surface area contributed by atoms with E-state index in [9.17, 15) is 9.90 Å². The van der Waals surface area contributed by atoms with Crippen LogP contribution < -0.4 is 4.74 Å². The van der Waals surface area contributed by atoms with E-state index in [1.807, 2.05) is 24.3 Å². The number of hydrogen-bond acceptors (Lipinski definition) is 4. The Morgan fingerprint density at radius 1 is 1.25 bits per heavy atom. The van der Waals surface area contributed by atoms with Crippen molar-refractivity contribution < 1.29 is 14.6 Å². The first-order valence-electron chi connectivity index (χ1n) is 5.93. The summed E-state index contributed by atoms with van der Waals surface area (Å²) in [6.07, 6.45) is 0. The molecule has 1 aromatic heterocycles. The molecule has 0 atom stereocenters. The average molecular weight is 337 g/mol. The molecule has 20 heavy (non-hydrogen) atoms. The molecule has 0 unspecified atom stereocenters. The third kappa shape index (κ3) is 3.14. The van der Waals surface area contributed by atoms with E-state index in [1.165, 1.54) is 0 Å². The highest BCUT2D eigenvalue weighted by Gasteiger charge is 2.18. The molecule has 1 aromatic carbocycles. The lowest BCUT2D eigenvalue weighted by Gasteiger charge is -2.10. The number of carbonyl (C=O) groups is 1. The van der Waals surface area contributed by atoms with Crippen molar-refractivity contribution in [3.63, 3.8) is 0 Å². The quantitative estimate of drug-likeness (QED) is 0.928. The summed E-state index contributed by atoms with van der Waals surface area (Å²) >= 11 is 3.35. The summed E-state index contributed by atoms with van der Waals surface area (Å²) < 4.78 is 6.46. The van der Waals surface area contributed by atoms with E-state index < -0.39 is 5.97 Å². The normalized spacial score (nSPS) is 10.3. The van der Waals surface area contributed by atoms with Crippen LogP contribution in [0.15, 0.2) is 28.7 Å². The third-order valence-corrected chi connectivity index (χ3v) is 3.45. The molecule has 0 aliphatic heterocycles. The lowest BCUT2D eigenvalue weighted by Crippen LogP contribution is -2.10. The van der Waals surface area contributed by atoms with E-state index in [0.29, 0.717) is 11.3 Å². The SMILES string of the molecule is Cc1nnc(OCc2ccc(Br)cc2)c(C(=O)O)c1C. The molecule has 0 fully saturated rings. The van der Waals surface area contributed by atoms with Gasteiger partial charge in [-0.2, -0.15) is 5.10 Å². The molecular formula is C14H13BrN2O3. The van der Waals surface area contributed by atoms with Crippen LogP contribution in [0.5, 0.6) is 5.88 Å². The highest BCUT2D eigenvalue weighted by Crippen LogP contribution is 2.21. The molecule has 0 aliphatic carbocycles. The van der Waals surface area contributed by atoms with Crippen LogP contribution in [-0.4, -0.2) is 21.3 Å². The number of nitrogens with zero attached hydrogens (tertiary/aromatic N) is 2. The monoisotopic (exact) mass is 336 g/mol. The number of hydrogen-bond donors (Lipinski definition) is 1. The molecule has 0 saturated heterocycles. The first kappa shape index (κ1) is 14.5. The maximum atomic E-state index is 11.3. The van der Waals surface area contributed by atoms with Crippen LogP contribution in [0.1, 0.15) is 27.2 Å². The van der Waals surface area contributed by atoms with Gasteiger partial charge >= 0.3 is 5.97 Å². The van der Waals surface area contributed by atoms with Crippen molar-refractivity contribution in [2.75, 3.05) is 0 Å². The van der Waals surface area contributed by atoms with Crippen molar-refractivity contribution in [2.45, 2.75) is 20.5 Å². The first-order valence-corrected chi connectivity index (χ1v) is 6.72. The van der Waals surface area contributed by atoms with Crippen molar-refractivity contribution in [1.29, 1.82) is 0 Å². The van der Waals surface area contributed by atoms with Crippen molar-refractivity contribution >= 4 is 21.9 Å². The number of halogens is 1. The van der Waals surface area contributed by atoms with Gasteiger partial charge in [0.1, 0.15) is 12.2 Å². The predicted molar refractivity (Wildman–Crippen MR) is 76.9 cm³/mol. The smallest absolute Gasteiger partial charge is 0.341 e. The fourth-order valence-corrected chi connectivity index (χ4v) is 1.94. The van der Waals surface area contributed by atoms with Crippen LogP contribution in [0.25, 0.3) is 0 Å². The number of aromatic carboxylic acids is 1. The van der Waals surface area contributed by atoms with Gasteiger partial charge in [-0.25, -0.2) is 4.79 Å². The van der Waals surface area contributed by atoms with Gasteiger partial charge in [0.15, 0.2) is 0 Å². The molecule has 0 amide bonds. The summed E-state index contributed by atoms with van der Waals surface area (Å²) in [6, 6.07) is 7.56. The molecule has 5 nitrogen and oxygen atoms in total. The van der Waals surface area contributed by atoms with Crippen LogP contribution in [0, 0.1) is 13.8 Å². The van der Waals surface area contributed by atoms with Gasteiger partial charge in [0, 0.05) is 4.47 Å². The number of aromatic nitrogens is 2. The van der Waals surface area contributed by atoms with Crippen LogP contribution in [0.4, 0.5) is 0 Å². The number of benzene rings is 1. The Morgan fingerprint density at radius 2 is 1.90 bits per heavy atom. The number of carboxylic acid groups (broad SMARTS) is 1. The van der Waals surface area contributed by atoms with Crippen LogP contribution >= 0.6 is 15.9 Å². The summed E-state index contributed by atoms with van der Waals surface area (Å²) in [4.78, 5) is 11.3. The summed E-state index contributed by atoms with van der Waals surface area (Å²) in [5.41, 5.74) is 2.14. The van der Waals surface area contributed by atoms with Crippen molar-refractivity contribution in [2.24, 2.45) is 0 Å². The third-order valence-electron chi connectivity index (χ3n) is 2.93. The minimum absolute atomic E-state index is 0.0449. The highest BCUT2D eigenvalue weighted by molar-refractivity contribution is 9.10. The number of ether oxygens (including phenoxy) is 1. The van der Waals surface area contributed by atoms with Gasteiger partial charge in [-0.1, -0.05) is 28.1 Å². The summed E-state index contributed by atoms with van der Waals surface area (Å²) in [5.74, 6) is -1.02. The summed E-state index contributed by atoms with van der Waals surface area (Å²) in [7, 11) is 0. The van der Waals surface area contributed by atoms with Gasteiger partial charge in [0.2, 0.25) is 5.88 Å². The fraction of sp³-hybridized carbons (Fsp3) is 0.214. The zero-order valence-electron chi connectivity index (χ0n) is 11.1. The Hall–Kier alpha value is -1.95. The Bertz CT molecular complexity index is 642. The van der Waals surface area contributed by atoms with Gasteiger partial charge in [-0.3, -0.25) is 0 Å².